The molecule has 6 heteroatoms. The van der Waals surface area contributed by atoms with Crippen LogP contribution in [0.1, 0.15) is 19.8 Å². The van der Waals surface area contributed by atoms with Gasteiger partial charge in [-0.2, -0.15) is 0 Å². The molecule has 1 heterocycles. The lowest BCUT2D eigenvalue weighted by atomic mass is 10.1. The summed E-state index contributed by atoms with van der Waals surface area (Å²) in [6, 6.07) is 15.2. The number of amides is 2. The van der Waals surface area contributed by atoms with Crippen molar-refractivity contribution in [3.63, 3.8) is 0 Å². The van der Waals surface area contributed by atoms with Crippen LogP contribution >= 0.6 is 11.8 Å². The molecule has 0 radical (unpaired) electrons. The first kappa shape index (κ1) is 19.3. The van der Waals surface area contributed by atoms with Gasteiger partial charge in [0.15, 0.2) is 0 Å². The van der Waals surface area contributed by atoms with Crippen molar-refractivity contribution in [1.29, 1.82) is 0 Å². The molecule has 1 atom stereocenters. The fourth-order valence-electron chi connectivity index (χ4n) is 3.04. The van der Waals surface area contributed by atoms with Gasteiger partial charge in [-0.05, 0) is 49.1 Å². The fraction of sp³-hybridized carbons (Fsp3) is 0.333. The van der Waals surface area contributed by atoms with Crippen molar-refractivity contribution in [1.82, 2.24) is 0 Å². The Morgan fingerprint density at radius 2 is 1.96 bits per heavy atom. The maximum atomic E-state index is 12.7. The monoisotopic (exact) mass is 384 g/mol. The Hall–Kier alpha value is -2.47. The van der Waals surface area contributed by atoms with Crippen LogP contribution in [-0.4, -0.2) is 31.2 Å². The van der Waals surface area contributed by atoms with Crippen molar-refractivity contribution >= 4 is 35.0 Å². The average molecular weight is 385 g/mol. The van der Waals surface area contributed by atoms with Gasteiger partial charge in [0.2, 0.25) is 11.8 Å². The number of nitrogens with zero attached hydrogens (tertiary/aromatic N) is 1. The highest BCUT2D eigenvalue weighted by atomic mass is 32.2. The second-order valence-corrected chi connectivity index (χ2v) is 7.32. The molecule has 0 aromatic heterocycles. The van der Waals surface area contributed by atoms with Crippen molar-refractivity contribution in [2.24, 2.45) is 5.92 Å². The molecule has 0 saturated carbocycles. The third-order valence-electron chi connectivity index (χ3n) is 4.49. The molecule has 5 nitrogen and oxygen atoms in total. The molecule has 142 valence electrons. The molecule has 0 aliphatic carbocycles. The largest absolute Gasteiger partial charge is 0.491 e. The van der Waals surface area contributed by atoms with E-state index in [-0.39, 0.29) is 24.2 Å². The maximum Gasteiger partial charge on any atom is 0.229 e. The van der Waals surface area contributed by atoms with Crippen molar-refractivity contribution in [2.75, 3.05) is 29.6 Å². The number of carbonyl (C=O) groups excluding carboxylic acids is 2. The molecule has 1 aliphatic rings. The van der Waals surface area contributed by atoms with Gasteiger partial charge in [0.25, 0.3) is 0 Å². The molecule has 0 spiro atoms. The maximum absolute atomic E-state index is 12.7. The van der Waals surface area contributed by atoms with Gasteiger partial charge < -0.3 is 15.0 Å². The minimum absolute atomic E-state index is 0.0254. The highest BCUT2D eigenvalue weighted by molar-refractivity contribution is 7.98. The van der Waals surface area contributed by atoms with Crippen LogP contribution in [0.2, 0.25) is 0 Å². The summed E-state index contributed by atoms with van der Waals surface area (Å²) in [5, 5.41) is 2.93. The third-order valence-corrected chi connectivity index (χ3v) is 5.23. The lowest BCUT2D eigenvalue weighted by molar-refractivity contribution is -0.122. The third kappa shape index (κ3) is 4.63. The van der Waals surface area contributed by atoms with Gasteiger partial charge in [-0.3, -0.25) is 9.59 Å². The van der Waals surface area contributed by atoms with Gasteiger partial charge in [-0.15, -0.1) is 11.8 Å². The van der Waals surface area contributed by atoms with Gasteiger partial charge >= 0.3 is 0 Å². The highest BCUT2D eigenvalue weighted by Crippen LogP contribution is 2.29. The van der Waals surface area contributed by atoms with Crippen LogP contribution in [0.15, 0.2) is 53.4 Å². The van der Waals surface area contributed by atoms with Crippen molar-refractivity contribution in [2.45, 2.75) is 24.7 Å². The number of benzene rings is 2. The van der Waals surface area contributed by atoms with E-state index in [1.807, 2.05) is 61.7 Å². The van der Waals surface area contributed by atoms with Crippen LogP contribution in [0.25, 0.3) is 0 Å². The minimum atomic E-state index is -0.378. The molecule has 3 rings (SSSR count). The van der Waals surface area contributed by atoms with Gasteiger partial charge in [-0.1, -0.05) is 19.1 Å². The van der Waals surface area contributed by atoms with E-state index >= 15 is 0 Å². The predicted octanol–water partition coefficient (Wildman–Crippen LogP) is 4.19. The first-order chi connectivity index (χ1) is 13.1. The molecular weight excluding hydrogens is 360 g/mol. The molecule has 1 aliphatic heterocycles. The molecule has 1 fully saturated rings. The molecule has 2 aromatic rings. The van der Waals surface area contributed by atoms with E-state index < -0.39 is 0 Å². The Morgan fingerprint density at radius 3 is 2.67 bits per heavy atom. The van der Waals surface area contributed by atoms with Gasteiger partial charge in [-0.25, -0.2) is 0 Å². The zero-order valence-corrected chi connectivity index (χ0v) is 16.4. The summed E-state index contributed by atoms with van der Waals surface area (Å²) >= 11 is 1.65. The topological polar surface area (TPSA) is 58.6 Å². The van der Waals surface area contributed by atoms with E-state index in [1.165, 1.54) is 0 Å². The normalized spacial score (nSPS) is 16.4. The van der Waals surface area contributed by atoms with E-state index in [0.29, 0.717) is 24.6 Å². The zero-order chi connectivity index (χ0) is 19.2. The minimum Gasteiger partial charge on any atom is -0.491 e. The summed E-state index contributed by atoms with van der Waals surface area (Å²) < 4.78 is 5.69. The molecule has 27 heavy (non-hydrogen) atoms. The highest BCUT2D eigenvalue weighted by Gasteiger charge is 2.35. The number of ether oxygens (including phenoxy) is 1. The van der Waals surface area contributed by atoms with Crippen LogP contribution in [0, 0.1) is 5.92 Å². The molecule has 2 aromatic carbocycles. The summed E-state index contributed by atoms with van der Waals surface area (Å²) in [5.74, 6) is 0.0974. The van der Waals surface area contributed by atoms with Gasteiger partial charge in [0.1, 0.15) is 5.75 Å². The van der Waals surface area contributed by atoms with E-state index in [9.17, 15) is 9.59 Å². The predicted molar refractivity (Wildman–Crippen MR) is 110 cm³/mol. The SMILES string of the molecule is CCCOc1ccccc1NC(=O)C1CC(=O)N(c2ccc(SC)cc2)C1. The summed E-state index contributed by atoms with van der Waals surface area (Å²) in [7, 11) is 0. The average Bonchev–Trinajstić information content (AvgIpc) is 3.09. The summed E-state index contributed by atoms with van der Waals surface area (Å²) in [4.78, 5) is 28.0. The molecule has 1 N–H and O–H groups in total. The van der Waals surface area contributed by atoms with E-state index in [1.54, 1.807) is 16.7 Å². The number of anilines is 2. The number of rotatable bonds is 7. The van der Waals surface area contributed by atoms with Crippen LogP contribution in [-0.2, 0) is 9.59 Å². The number of hydrogen-bond donors (Lipinski definition) is 1. The quantitative estimate of drug-likeness (QED) is 0.727. The first-order valence-electron chi connectivity index (χ1n) is 9.09. The number of hydrogen-bond acceptors (Lipinski definition) is 4. The van der Waals surface area contributed by atoms with E-state index in [2.05, 4.69) is 5.32 Å². The summed E-state index contributed by atoms with van der Waals surface area (Å²) in [5.41, 5.74) is 1.48. The van der Waals surface area contributed by atoms with E-state index in [0.717, 1.165) is 17.0 Å². The fourth-order valence-corrected chi connectivity index (χ4v) is 3.45. The zero-order valence-electron chi connectivity index (χ0n) is 15.6. The van der Waals surface area contributed by atoms with Crippen molar-refractivity contribution in [3.8, 4) is 5.75 Å². The summed E-state index contributed by atoms with van der Waals surface area (Å²) in [6.07, 6.45) is 3.12. The number of nitrogens with one attached hydrogen (secondary N) is 1. The van der Waals surface area contributed by atoms with Crippen molar-refractivity contribution < 1.29 is 14.3 Å². The van der Waals surface area contributed by atoms with Crippen LogP contribution in [0.3, 0.4) is 0 Å². The second kappa shape index (κ2) is 8.95. The number of para-hydroxylation sites is 2. The lowest BCUT2D eigenvalue weighted by Crippen LogP contribution is -2.28. The summed E-state index contributed by atoms with van der Waals surface area (Å²) in [6.45, 7) is 3.02. The Balaban J connectivity index is 1.67. The molecule has 1 saturated heterocycles. The molecule has 0 bridgehead atoms. The number of thioether (sulfide) groups is 1. The Kier molecular flexibility index (Phi) is 6.40. The molecule has 2 amide bonds. The van der Waals surface area contributed by atoms with Gasteiger partial charge in [0.05, 0.1) is 18.2 Å². The van der Waals surface area contributed by atoms with Crippen molar-refractivity contribution in [3.05, 3.63) is 48.5 Å². The lowest BCUT2D eigenvalue weighted by Gasteiger charge is -2.17. The number of carbonyl (C=O) groups is 2. The Labute approximate surface area is 164 Å². The smallest absolute Gasteiger partial charge is 0.229 e. The van der Waals surface area contributed by atoms with Gasteiger partial charge in [0, 0.05) is 23.5 Å². The van der Waals surface area contributed by atoms with Crippen LogP contribution in [0.5, 0.6) is 5.75 Å². The van der Waals surface area contributed by atoms with Crippen LogP contribution < -0.4 is 15.0 Å². The van der Waals surface area contributed by atoms with Crippen LogP contribution in [0.4, 0.5) is 11.4 Å². The Morgan fingerprint density at radius 1 is 1.22 bits per heavy atom. The van der Waals surface area contributed by atoms with E-state index in [4.69, 9.17) is 4.74 Å². The molecule has 1 unspecified atom stereocenters. The standard InChI is InChI=1S/C21H24N2O3S/c1-3-12-26-19-7-5-4-6-18(19)22-21(25)15-13-20(24)23(14-15)16-8-10-17(27-2)11-9-16/h4-11,15H,3,12-14H2,1-2H3,(H,22,25). The second-order valence-electron chi connectivity index (χ2n) is 6.44. The first-order valence-corrected chi connectivity index (χ1v) is 10.3. The Bertz CT molecular complexity index is 807. The molecular formula is C21H24N2O3S.